The molecule has 0 radical (unpaired) electrons. The van der Waals surface area contributed by atoms with Gasteiger partial charge in [-0.15, -0.1) is 0 Å². The van der Waals surface area contributed by atoms with Crippen molar-refractivity contribution >= 4 is 29.8 Å². The summed E-state index contributed by atoms with van der Waals surface area (Å²) in [7, 11) is 0. The summed E-state index contributed by atoms with van der Waals surface area (Å²) < 4.78 is 0. The third-order valence-electron chi connectivity index (χ3n) is 2.76. The predicted molar refractivity (Wildman–Crippen MR) is 87.4 cm³/mol. The first-order valence-corrected chi connectivity index (χ1v) is 6.84. The molecular formula is C17H15ClN2O. The minimum Gasteiger partial charge on any atom is -0.268 e. The van der Waals surface area contributed by atoms with Gasteiger partial charge in [-0.3, -0.25) is 4.79 Å². The lowest BCUT2D eigenvalue weighted by Crippen LogP contribution is -2.14. The van der Waals surface area contributed by atoms with Crippen molar-refractivity contribution in [3.63, 3.8) is 0 Å². The van der Waals surface area contributed by atoms with E-state index in [1.165, 1.54) is 11.6 Å². The fourth-order valence-electron chi connectivity index (χ4n) is 1.61. The number of amides is 1. The number of rotatable bonds is 4. The molecule has 0 bridgehead atoms. The first kappa shape index (κ1) is 15.0. The maximum absolute atomic E-state index is 11.6. The second-order valence-corrected chi connectivity index (χ2v) is 4.97. The Bertz CT molecular complexity index is 658. The molecule has 0 saturated carbocycles. The fraction of sp³-hybridized carbons (Fsp3) is 0.0588. The number of halogens is 1. The molecule has 2 rings (SSSR count). The Kier molecular flexibility index (Phi) is 5.29. The molecule has 4 heteroatoms. The number of hydrogen-bond donors (Lipinski definition) is 1. The van der Waals surface area contributed by atoms with E-state index in [4.69, 9.17) is 11.6 Å². The molecule has 0 aliphatic heterocycles. The molecule has 0 saturated heterocycles. The third-order valence-corrected chi connectivity index (χ3v) is 3.01. The van der Waals surface area contributed by atoms with E-state index in [1.54, 1.807) is 24.4 Å². The number of hydrogen-bond acceptors (Lipinski definition) is 2. The molecule has 1 N–H and O–H groups in total. The van der Waals surface area contributed by atoms with Crippen LogP contribution in [-0.2, 0) is 4.79 Å². The zero-order valence-corrected chi connectivity index (χ0v) is 12.3. The minimum absolute atomic E-state index is 0.277. The van der Waals surface area contributed by atoms with E-state index >= 15 is 0 Å². The maximum Gasteiger partial charge on any atom is 0.264 e. The number of hydrazone groups is 1. The molecule has 21 heavy (non-hydrogen) atoms. The van der Waals surface area contributed by atoms with E-state index in [0.717, 1.165) is 11.1 Å². The Balaban J connectivity index is 1.87. The Labute approximate surface area is 129 Å². The summed E-state index contributed by atoms with van der Waals surface area (Å²) in [5, 5.41) is 4.54. The monoisotopic (exact) mass is 298 g/mol. The number of benzene rings is 2. The van der Waals surface area contributed by atoms with Crippen LogP contribution in [0.1, 0.15) is 16.7 Å². The number of nitrogens with one attached hydrogen (secondary N) is 1. The van der Waals surface area contributed by atoms with E-state index in [0.29, 0.717) is 5.02 Å². The average molecular weight is 299 g/mol. The molecule has 0 heterocycles. The highest BCUT2D eigenvalue weighted by Crippen LogP contribution is 2.07. The highest BCUT2D eigenvalue weighted by Gasteiger charge is 1.93. The van der Waals surface area contributed by atoms with Crippen molar-refractivity contribution in [3.05, 3.63) is 76.3 Å². The SMILES string of the molecule is Cc1ccc(/C=C/C(=O)N/N=C\c2ccc(Cl)cc2)cc1. The van der Waals surface area contributed by atoms with Crippen molar-refractivity contribution in [2.75, 3.05) is 0 Å². The zero-order chi connectivity index (χ0) is 15.1. The predicted octanol–water partition coefficient (Wildman–Crippen LogP) is 3.81. The number of aryl methyl sites for hydroxylation is 1. The quantitative estimate of drug-likeness (QED) is 0.520. The van der Waals surface area contributed by atoms with Gasteiger partial charge in [0, 0.05) is 11.1 Å². The van der Waals surface area contributed by atoms with Crippen LogP contribution in [0, 0.1) is 6.92 Å². The summed E-state index contributed by atoms with van der Waals surface area (Å²) in [6.45, 7) is 2.02. The highest BCUT2D eigenvalue weighted by atomic mass is 35.5. The molecule has 3 nitrogen and oxygen atoms in total. The van der Waals surface area contributed by atoms with E-state index < -0.39 is 0 Å². The molecule has 0 aliphatic rings. The molecule has 2 aromatic carbocycles. The zero-order valence-electron chi connectivity index (χ0n) is 11.6. The van der Waals surface area contributed by atoms with Gasteiger partial charge < -0.3 is 0 Å². The van der Waals surface area contributed by atoms with Gasteiger partial charge in [0.05, 0.1) is 6.21 Å². The molecule has 0 fully saturated rings. The molecule has 1 amide bonds. The Morgan fingerprint density at radius 3 is 2.33 bits per heavy atom. The van der Waals surface area contributed by atoms with Gasteiger partial charge in [0.25, 0.3) is 5.91 Å². The largest absolute Gasteiger partial charge is 0.268 e. The molecule has 0 unspecified atom stereocenters. The summed E-state index contributed by atoms with van der Waals surface area (Å²) in [6.07, 6.45) is 4.75. The molecule has 0 atom stereocenters. The maximum atomic E-state index is 11.6. The van der Waals surface area contributed by atoms with Gasteiger partial charge in [0.2, 0.25) is 0 Å². The van der Waals surface area contributed by atoms with Crippen molar-refractivity contribution in [1.82, 2.24) is 5.43 Å². The summed E-state index contributed by atoms with van der Waals surface area (Å²) in [4.78, 5) is 11.6. The standard InChI is InChI=1S/C17H15ClN2O/c1-13-2-4-14(5-3-13)8-11-17(21)20-19-12-15-6-9-16(18)10-7-15/h2-12H,1H3,(H,20,21)/b11-8+,19-12-. The lowest BCUT2D eigenvalue weighted by molar-refractivity contribution is -0.116. The van der Waals surface area contributed by atoms with Gasteiger partial charge in [0.15, 0.2) is 0 Å². The first-order chi connectivity index (χ1) is 10.1. The molecule has 0 spiro atoms. The van der Waals surface area contributed by atoms with Crippen LogP contribution in [0.2, 0.25) is 5.02 Å². The number of carbonyl (C=O) groups is 1. The van der Waals surface area contributed by atoms with Gasteiger partial charge in [-0.25, -0.2) is 5.43 Å². The van der Waals surface area contributed by atoms with Crippen molar-refractivity contribution < 1.29 is 4.79 Å². The summed E-state index contributed by atoms with van der Waals surface area (Å²) in [5.41, 5.74) is 5.46. The first-order valence-electron chi connectivity index (χ1n) is 6.47. The normalized spacial score (nSPS) is 11.1. The van der Waals surface area contributed by atoms with Crippen LogP contribution >= 0.6 is 11.6 Å². The van der Waals surface area contributed by atoms with E-state index in [1.807, 2.05) is 43.3 Å². The Morgan fingerprint density at radius 1 is 1.05 bits per heavy atom. The second-order valence-electron chi connectivity index (χ2n) is 4.53. The highest BCUT2D eigenvalue weighted by molar-refractivity contribution is 6.30. The number of nitrogens with zero attached hydrogens (tertiary/aromatic N) is 1. The van der Waals surface area contributed by atoms with Gasteiger partial charge in [-0.05, 0) is 36.3 Å². The van der Waals surface area contributed by atoms with E-state index in [2.05, 4.69) is 10.5 Å². The van der Waals surface area contributed by atoms with Crippen molar-refractivity contribution in [2.45, 2.75) is 6.92 Å². The van der Waals surface area contributed by atoms with Crippen molar-refractivity contribution in [2.24, 2.45) is 5.10 Å². The van der Waals surface area contributed by atoms with Gasteiger partial charge in [-0.1, -0.05) is 53.6 Å². The average Bonchev–Trinajstić information content (AvgIpc) is 2.49. The molecule has 0 aromatic heterocycles. The molecule has 2 aromatic rings. The molecule has 106 valence electrons. The van der Waals surface area contributed by atoms with Crippen LogP contribution in [0.5, 0.6) is 0 Å². The Morgan fingerprint density at radius 2 is 1.67 bits per heavy atom. The van der Waals surface area contributed by atoms with Crippen LogP contribution in [-0.4, -0.2) is 12.1 Å². The van der Waals surface area contributed by atoms with Crippen LogP contribution in [0.3, 0.4) is 0 Å². The van der Waals surface area contributed by atoms with Crippen molar-refractivity contribution in [1.29, 1.82) is 0 Å². The van der Waals surface area contributed by atoms with Crippen molar-refractivity contribution in [3.8, 4) is 0 Å². The van der Waals surface area contributed by atoms with Crippen LogP contribution < -0.4 is 5.43 Å². The smallest absolute Gasteiger partial charge is 0.264 e. The van der Waals surface area contributed by atoms with Gasteiger partial charge in [-0.2, -0.15) is 5.10 Å². The molecule has 0 aliphatic carbocycles. The molecular weight excluding hydrogens is 284 g/mol. The van der Waals surface area contributed by atoms with Crippen LogP contribution in [0.4, 0.5) is 0 Å². The second kappa shape index (κ2) is 7.41. The van der Waals surface area contributed by atoms with E-state index in [9.17, 15) is 4.79 Å². The van der Waals surface area contributed by atoms with Gasteiger partial charge >= 0.3 is 0 Å². The van der Waals surface area contributed by atoms with Crippen LogP contribution in [0.25, 0.3) is 6.08 Å². The van der Waals surface area contributed by atoms with Crippen LogP contribution in [0.15, 0.2) is 59.7 Å². The van der Waals surface area contributed by atoms with Gasteiger partial charge in [0.1, 0.15) is 0 Å². The third kappa shape index (κ3) is 5.24. The Hall–Kier alpha value is -2.39. The number of carbonyl (C=O) groups excluding carboxylic acids is 1. The lowest BCUT2D eigenvalue weighted by atomic mass is 10.1. The summed E-state index contributed by atoms with van der Waals surface area (Å²) in [5.74, 6) is -0.277. The summed E-state index contributed by atoms with van der Waals surface area (Å²) in [6, 6.07) is 15.1. The lowest BCUT2D eigenvalue weighted by Gasteiger charge is -1.96. The van der Waals surface area contributed by atoms with E-state index in [-0.39, 0.29) is 5.91 Å². The summed E-state index contributed by atoms with van der Waals surface area (Å²) >= 11 is 5.78. The minimum atomic E-state index is -0.277. The fourth-order valence-corrected chi connectivity index (χ4v) is 1.73. The topological polar surface area (TPSA) is 41.5 Å².